The molecule has 1 heterocycles. The van der Waals surface area contributed by atoms with Gasteiger partial charge in [-0.2, -0.15) is 0 Å². The number of aromatic nitrogens is 1. The molecule has 1 nitrogen and oxygen atoms in total. The van der Waals surface area contributed by atoms with Gasteiger partial charge < -0.3 is 0 Å². The molecule has 0 aromatic carbocycles. The van der Waals surface area contributed by atoms with E-state index < -0.39 is 0 Å². The number of aryl methyl sites for hydroxylation is 1. The lowest BCUT2D eigenvalue weighted by Crippen LogP contribution is -2.48. The van der Waals surface area contributed by atoms with Gasteiger partial charge in [0, 0.05) is 10.9 Å². The molecule has 0 spiro atoms. The Morgan fingerprint density at radius 3 is 2.17 bits per heavy atom. The summed E-state index contributed by atoms with van der Waals surface area (Å²) in [6.07, 6.45) is 11.0. The van der Waals surface area contributed by atoms with Gasteiger partial charge in [0.05, 0.1) is 5.03 Å². The van der Waals surface area contributed by atoms with Crippen molar-refractivity contribution in [3.05, 3.63) is 23.9 Å². The molecular weight excluding hydrogens is 238 g/mol. The van der Waals surface area contributed by atoms with E-state index in [4.69, 9.17) is 0 Å². The third-order valence-electron chi connectivity index (χ3n) is 5.19. The minimum absolute atomic E-state index is 0.553. The van der Waals surface area contributed by atoms with Crippen molar-refractivity contribution in [2.75, 3.05) is 0 Å². The van der Waals surface area contributed by atoms with Crippen LogP contribution in [-0.4, -0.2) is 9.73 Å². The SMILES string of the molecule is Cc1ccc(SC23CC4CC(CC(C4)C2)C3)nc1. The Hall–Kier alpha value is -0.500. The molecule has 1 aromatic heterocycles. The standard InChI is InChI=1S/C16H21NS/c1-11-2-3-15(17-10-11)18-16-7-12-4-13(8-16)6-14(5-12)9-16/h2-3,10,12-14H,4-9H2,1H3. The highest BCUT2D eigenvalue weighted by Crippen LogP contribution is 2.61. The number of rotatable bonds is 2. The van der Waals surface area contributed by atoms with Gasteiger partial charge in [0.2, 0.25) is 0 Å². The third kappa shape index (κ3) is 1.89. The summed E-state index contributed by atoms with van der Waals surface area (Å²) in [6, 6.07) is 4.43. The second-order valence-corrected chi connectivity index (χ2v) is 8.36. The predicted molar refractivity (Wildman–Crippen MR) is 75.7 cm³/mol. The van der Waals surface area contributed by atoms with Crippen molar-refractivity contribution in [2.24, 2.45) is 17.8 Å². The average Bonchev–Trinajstić information content (AvgIpc) is 2.30. The van der Waals surface area contributed by atoms with Crippen molar-refractivity contribution in [1.82, 2.24) is 4.98 Å². The molecule has 0 atom stereocenters. The molecule has 4 fully saturated rings. The van der Waals surface area contributed by atoms with Crippen LogP contribution in [0.4, 0.5) is 0 Å². The lowest BCUT2D eigenvalue weighted by atomic mass is 9.56. The summed E-state index contributed by atoms with van der Waals surface area (Å²) < 4.78 is 0.553. The van der Waals surface area contributed by atoms with Gasteiger partial charge >= 0.3 is 0 Å². The molecular formula is C16H21NS. The highest BCUT2D eigenvalue weighted by Gasteiger charge is 2.51. The number of pyridine rings is 1. The van der Waals surface area contributed by atoms with E-state index in [1.54, 1.807) is 0 Å². The zero-order valence-electron chi connectivity index (χ0n) is 11.1. The van der Waals surface area contributed by atoms with E-state index in [9.17, 15) is 0 Å². The Balaban J connectivity index is 1.58. The molecule has 1 aromatic rings. The van der Waals surface area contributed by atoms with E-state index in [1.165, 1.54) is 49.1 Å². The maximum atomic E-state index is 4.62. The van der Waals surface area contributed by atoms with Gasteiger partial charge in [-0.05, 0) is 74.8 Å². The van der Waals surface area contributed by atoms with Gasteiger partial charge in [-0.3, -0.25) is 0 Å². The fourth-order valence-corrected chi connectivity index (χ4v) is 6.53. The number of hydrogen-bond acceptors (Lipinski definition) is 2. The van der Waals surface area contributed by atoms with Gasteiger partial charge in [-0.15, -0.1) is 0 Å². The van der Waals surface area contributed by atoms with Crippen LogP contribution >= 0.6 is 11.8 Å². The molecule has 4 aliphatic rings. The molecule has 0 saturated heterocycles. The van der Waals surface area contributed by atoms with E-state index in [0.717, 1.165) is 17.8 Å². The van der Waals surface area contributed by atoms with Crippen LogP contribution in [0.3, 0.4) is 0 Å². The summed E-state index contributed by atoms with van der Waals surface area (Å²) in [5, 5.41) is 1.25. The summed E-state index contributed by atoms with van der Waals surface area (Å²) in [4.78, 5) is 4.62. The Morgan fingerprint density at radius 1 is 1.06 bits per heavy atom. The van der Waals surface area contributed by atoms with E-state index >= 15 is 0 Å². The first-order chi connectivity index (χ1) is 8.71. The van der Waals surface area contributed by atoms with Crippen LogP contribution in [0.5, 0.6) is 0 Å². The highest BCUT2D eigenvalue weighted by atomic mass is 32.2. The molecule has 18 heavy (non-hydrogen) atoms. The van der Waals surface area contributed by atoms with Gasteiger partial charge in [0.25, 0.3) is 0 Å². The number of nitrogens with zero attached hydrogens (tertiary/aromatic N) is 1. The molecule has 2 heteroatoms. The summed E-state index contributed by atoms with van der Waals surface area (Å²) in [5.74, 6) is 3.11. The van der Waals surface area contributed by atoms with E-state index in [-0.39, 0.29) is 0 Å². The van der Waals surface area contributed by atoms with Crippen molar-refractivity contribution < 1.29 is 0 Å². The highest BCUT2D eigenvalue weighted by molar-refractivity contribution is 8.00. The summed E-state index contributed by atoms with van der Waals surface area (Å²) in [7, 11) is 0. The van der Waals surface area contributed by atoms with Crippen LogP contribution in [0.2, 0.25) is 0 Å². The fraction of sp³-hybridized carbons (Fsp3) is 0.688. The van der Waals surface area contributed by atoms with Crippen LogP contribution in [-0.2, 0) is 0 Å². The van der Waals surface area contributed by atoms with Crippen LogP contribution in [0, 0.1) is 24.7 Å². The summed E-state index contributed by atoms with van der Waals surface area (Å²) in [5.41, 5.74) is 1.27. The van der Waals surface area contributed by atoms with Crippen molar-refractivity contribution in [2.45, 2.75) is 55.2 Å². The lowest BCUT2D eigenvalue weighted by molar-refractivity contribution is 0.0383. The second kappa shape index (κ2) is 4.00. The monoisotopic (exact) mass is 259 g/mol. The molecule has 96 valence electrons. The van der Waals surface area contributed by atoms with E-state index in [1.807, 2.05) is 6.20 Å². The number of hydrogen-bond donors (Lipinski definition) is 0. The maximum Gasteiger partial charge on any atom is 0.0965 e. The van der Waals surface area contributed by atoms with Crippen LogP contribution < -0.4 is 0 Å². The molecule has 0 aliphatic heterocycles. The van der Waals surface area contributed by atoms with E-state index in [0.29, 0.717) is 4.75 Å². The third-order valence-corrected chi connectivity index (χ3v) is 6.57. The molecule has 0 N–H and O–H groups in total. The summed E-state index contributed by atoms with van der Waals surface area (Å²) in [6.45, 7) is 2.12. The molecule has 0 amide bonds. The topological polar surface area (TPSA) is 12.9 Å². The average molecular weight is 259 g/mol. The van der Waals surface area contributed by atoms with Gasteiger partial charge in [0.1, 0.15) is 0 Å². The maximum absolute atomic E-state index is 4.62. The fourth-order valence-electron chi connectivity index (χ4n) is 4.89. The predicted octanol–water partition coefficient (Wildman–Crippen LogP) is 4.45. The number of thioether (sulfide) groups is 1. The molecule has 0 radical (unpaired) electrons. The minimum Gasteiger partial charge on any atom is -0.250 e. The largest absolute Gasteiger partial charge is 0.250 e. The molecule has 0 unspecified atom stereocenters. The van der Waals surface area contributed by atoms with Crippen LogP contribution in [0.1, 0.15) is 44.1 Å². The van der Waals surface area contributed by atoms with Crippen molar-refractivity contribution in [1.29, 1.82) is 0 Å². The van der Waals surface area contributed by atoms with Gasteiger partial charge in [0.15, 0.2) is 0 Å². The normalized spacial score (nSPS) is 41.3. The Bertz CT molecular complexity index is 415. The zero-order valence-corrected chi connectivity index (χ0v) is 11.9. The zero-order chi connectivity index (χ0) is 12.2. The van der Waals surface area contributed by atoms with Crippen LogP contribution in [0.25, 0.3) is 0 Å². The first-order valence-corrected chi connectivity index (χ1v) is 8.14. The summed E-state index contributed by atoms with van der Waals surface area (Å²) >= 11 is 2.10. The van der Waals surface area contributed by atoms with Crippen molar-refractivity contribution in [3.63, 3.8) is 0 Å². The van der Waals surface area contributed by atoms with Gasteiger partial charge in [-0.25, -0.2) is 4.98 Å². The molecule has 4 saturated carbocycles. The van der Waals surface area contributed by atoms with Gasteiger partial charge in [-0.1, -0.05) is 17.8 Å². The Morgan fingerprint density at radius 2 is 1.67 bits per heavy atom. The first-order valence-electron chi connectivity index (χ1n) is 7.32. The Kier molecular flexibility index (Phi) is 2.52. The van der Waals surface area contributed by atoms with Crippen molar-refractivity contribution in [3.8, 4) is 0 Å². The molecule has 4 aliphatic carbocycles. The second-order valence-electron chi connectivity index (χ2n) is 6.88. The molecule has 5 rings (SSSR count). The first kappa shape index (κ1) is 11.3. The Labute approximate surface area is 114 Å². The minimum atomic E-state index is 0.553. The van der Waals surface area contributed by atoms with Crippen molar-refractivity contribution >= 4 is 11.8 Å². The smallest absolute Gasteiger partial charge is 0.0965 e. The quantitative estimate of drug-likeness (QED) is 0.778. The lowest BCUT2D eigenvalue weighted by Gasteiger charge is -2.56. The van der Waals surface area contributed by atoms with E-state index in [2.05, 4.69) is 35.8 Å². The molecule has 4 bridgehead atoms. The van der Waals surface area contributed by atoms with Crippen LogP contribution in [0.15, 0.2) is 23.4 Å².